The van der Waals surface area contributed by atoms with Crippen LogP contribution in [0.15, 0.2) is 24.5 Å². The molecule has 21 heavy (non-hydrogen) atoms. The molecule has 0 spiro atoms. The van der Waals surface area contributed by atoms with Gasteiger partial charge < -0.3 is 14.2 Å². The molecule has 1 fully saturated rings. The molecule has 3 rings (SSSR count). The molecule has 0 amide bonds. The first-order chi connectivity index (χ1) is 10.1. The van der Waals surface area contributed by atoms with Crippen LogP contribution in [0, 0.1) is 6.92 Å². The van der Waals surface area contributed by atoms with E-state index in [9.17, 15) is 4.79 Å². The van der Waals surface area contributed by atoms with E-state index in [-0.39, 0.29) is 12.5 Å². The molecule has 1 saturated heterocycles. The molecule has 0 bridgehead atoms. The number of hydrogen-bond acceptors (Lipinski definition) is 4. The van der Waals surface area contributed by atoms with Crippen molar-refractivity contribution in [3.05, 3.63) is 35.8 Å². The highest BCUT2D eigenvalue weighted by Gasteiger charge is 2.25. The summed E-state index contributed by atoms with van der Waals surface area (Å²) in [5.41, 5.74) is 3.05. The fourth-order valence-corrected chi connectivity index (χ4v) is 2.78. The van der Waals surface area contributed by atoms with Gasteiger partial charge in [-0.2, -0.15) is 0 Å². The van der Waals surface area contributed by atoms with E-state index in [1.54, 1.807) is 0 Å². The van der Waals surface area contributed by atoms with Gasteiger partial charge in [-0.25, -0.2) is 4.98 Å². The third kappa shape index (κ3) is 3.06. The third-order valence-corrected chi connectivity index (χ3v) is 3.85. The van der Waals surface area contributed by atoms with Crippen LogP contribution < -0.4 is 0 Å². The van der Waals surface area contributed by atoms with Gasteiger partial charge in [0, 0.05) is 31.5 Å². The van der Waals surface area contributed by atoms with E-state index in [1.165, 1.54) is 0 Å². The molecular weight excluding hydrogens is 270 g/mol. The Balaban J connectivity index is 1.79. The molecule has 1 N–H and O–H groups in total. The van der Waals surface area contributed by atoms with Crippen molar-refractivity contribution in [2.24, 2.45) is 0 Å². The molecule has 1 aliphatic heterocycles. The largest absolute Gasteiger partial charge is 0.481 e. The van der Waals surface area contributed by atoms with Crippen molar-refractivity contribution in [1.29, 1.82) is 0 Å². The Bertz CT molecular complexity index is 653. The minimum absolute atomic E-state index is 0.0813. The summed E-state index contributed by atoms with van der Waals surface area (Å²) in [6.45, 7) is 4.54. The van der Waals surface area contributed by atoms with E-state index in [1.807, 2.05) is 35.9 Å². The predicted molar refractivity (Wildman–Crippen MR) is 77.2 cm³/mol. The van der Waals surface area contributed by atoms with Crippen LogP contribution in [-0.4, -0.2) is 51.2 Å². The average molecular weight is 289 g/mol. The predicted octanol–water partition coefficient (Wildman–Crippen LogP) is 1.32. The summed E-state index contributed by atoms with van der Waals surface area (Å²) < 4.78 is 7.41. The van der Waals surface area contributed by atoms with E-state index in [2.05, 4.69) is 9.88 Å². The van der Waals surface area contributed by atoms with Crippen LogP contribution in [0.3, 0.4) is 0 Å². The number of rotatable bonds is 4. The Hall–Kier alpha value is -1.92. The normalized spacial score (nSPS) is 20.0. The van der Waals surface area contributed by atoms with Crippen molar-refractivity contribution in [3.63, 3.8) is 0 Å². The molecule has 1 atom stereocenters. The highest BCUT2D eigenvalue weighted by molar-refractivity contribution is 5.67. The van der Waals surface area contributed by atoms with Gasteiger partial charge >= 0.3 is 5.97 Å². The smallest absolute Gasteiger partial charge is 0.305 e. The van der Waals surface area contributed by atoms with Gasteiger partial charge in [-0.1, -0.05) is 6.07 Å². The number of imidazole rings is 1. The SMILES string of the molecule is Cc1cccn2cc(CN3CCOCC3CC(=O)O)nc12. The summed E-state index contributed by atoms with van der Waals surface area (Å²) >= 11 is 0. The van der Waals surface area contributed by atoms with Gasteiger partial charge in [0.05, 0.1) is 25.3 Å². The summed E-state index contributed by atoms with van der Waals surface area (Å²) in [7, 11) is 0. The molecule has 0 aromatic carbocycles. The molecule has 2 aromatic rings. The molecule has 0 radical (unpaired) electrons. The second-order valence-electron chi connectivity index (χ2n) is 5.45. The maximum Gasteiger partial charge on any atom is 0.305 e. The number of nitrogens with zero attached hydrogens (tertiary/aromatic N) is 3. The van der Waals surface area contributed by atoms with Crippen LogP contribution in [0.4, 0.5) is 0 Å². The average Bonchev–Trinajstić information content (AvgIpc) is 2.84. The number of hydrogen-bond donors (Lipinski definition) is 1. The van der Waals surface area contributed by atoms with Gasteiger partial charge in [-0.05, 0) is 18.6 Å². The number of aliphatic carboxylic acids is 1. The maximum atomic E-state index is 10.9. The zero-order chi connectivity index (χ0) is 14.8. The number of aryl methyl sites for hydroxylation is 1. The van der Waals surface area contributed by atoms with Crippen LogP contribution in [0.25, 0.3) is 5.65 Å². The number of carboxylic acids is 1. The lowest BCUT2D eigenvalue weighted by Crippen LogP contribution is -2.45. The van der Waals surface area contributed by atoms with E-state index in [4.69, 9.17) is 9.84 Å². The lowest BCUT2D eigenvalue weighted by molar-refractivity contribution is -0.140. The monoisotopic (exact) mass is 289 g/mol. The molecule has 1 unspecified atom stereocenters. The summed E-state index contributed by atoms with van der Waals surface area (Å²) in [5.74, 6) is -0.790. The fraction of sp³-hybridized carbons (Fsp3) is 0.467. The Kier molecular flexibility index (Phi) is 3.90. The Morgan fingerprint density at radius 3 is 3.19 bits per heavy atom. The molecule has 3 heterocycles. The van der Waals surface area contributed by atoms with E-state index in [0.717, 1.165) is 23.4 Å². The van der Waals surface area contributed by atoms with E-state index >= 15 is 0 Å². The number of morpholine rings is 1. The number of fused-ring (bicyclic) bond motifs is 1. The zero-order valence-corrected chi connectivity index (χ0v) is 12.0. The second kappa shape index (κ2) is 5.83. The number of ether oxygens (including phenoxy) is 1. The van der Waals surface area contributed by atoms with Crippen LogP contribution in [0.2, 0.25) is 0 Å². The Morgan fingerprint density at radius 2 is 2.43 bits per heavy atom. The lowest BCUT2D eigenvalue weighted by Gasteiger charge is -2.34. The van der Waals surface area contributed by atoms with Gasteiger partial charge in [0.25, 0.3) is 0 Å². The molecule has 112 valence electrons. The Morgan fingerprint density at radius 1 is 1.57 bits per heavy atom. The minimum Gasteiger partial charge on any atom is -0.481 e. The van der Waals surface area contributed by atoms with Crippen molar-refractivity contribution in [2.75, 3.05) is 19.8 Å². The van der Waals surface area contributed by atoms with Gasteiger partial charge in [0.1, 0.15) is 5.65 Å². The van der Waals surface area contributed by atoms with Gasteiger partial charge in [-0.3, -0.25) is 9.69 Å². The van der Waals surface area contributed by atoms with Crippen LogP contribution in [-0.2, 0) is 16.1 Å². The summed E-state index contributed by atoms with van der Waals surface area (Å²) in [6.07, 6.45) is 4.09. The van der Waals surface area contributed by atoms with E-state index in [0.29, 0.717) is 19.8 Å². The van der Waals surface area contributed by atoms with Crippen molar-refractivity contribution >= 4 is 11.6 Å². The van der Waals surface area contributed by atoms with Crippen molar-refractivity contribution in [1.82, 2.24) is 14.3 Å². The molecular formula is C15H19N3O3. The van der Waals surface area contributed by atoms with Crippen molar-refractivity contribution < 1.29 is 14.6 Å². The first-order valence-electron chi connectivity index (χ1n) is 7.10. The molecule has 2 aromatic heterocycles. The zero-order valence-electron chi connectivity index (χ0n) is 12.0. The first kappa shape index (κ1) is 14.0. The number of carbonyl (C=O) groups is 1. The number of aromatic nitrogens is 2. The van der Waals surface area contributed by atoms with Crippen LogP contribution in [0.1, 0.15) is 17.7 Å². The lowest BCUT2D eigenvalue weighted by atomic mass is 10.1. The topological polar surface area (TPSA) is 67.1 Å². The van der Waals surface area contributed by atoms with Crippen LogP contribution in [0.5, 0.6) is 0 Å². The first-order valence-corrected chi connectivity index (χ1v) is 7.10. The van der Waals surface area contributed by atoms with Gasteiger partial charge in [0.2, 0.25) is 0 Å². The molecule has 1 aliphatic rings. The van der Waals surface area contributed by atoms with Gasteiger partial charge in [0.15, 0.2) is 0 Å². The summed E-state index contributed by atoms with van der Waals surface area (Å²) in [5, 5.41) is 9.00. The maximum absolute atomic E-state index is 10.9. The standard InChI is InChI=1S/C15H19N3O3/c1-11-3-2-4-18-9-12(16-15(11)18)8-17-5-6-21-10-13(17)7-14(19)20/h2-4,9,13H,5-8,10H2,1H3,(H,19,20). The second-order valence-corrected chi connectivity index (χ2v) is 5.45. The summed E-state index contributed by atoms with van der Waals surface area (Å²) in [4.78, 5) is 17.7. The highest BCUT2D eigenvalue weighted by atomic mass is 16.5. The van der Waals surface area contributed by atoms with Crippen LogP contribution >= 0.6 is 0 Å². The van der Waals surface area contributed by atoms with E-state index < -0.39 is 5.97 Å². The van der Waals surface area contributed by atoms with Gasteiger partial charge in [-0.15, -0.1) is 0 Å². The number of pyridine rings is 1. The van der Waals surface area contributed by atoms with Crippen molar-refractivity contribution in [2.45, 2.75) is 25.9 Å². The fourth-order valence-electron chi connectivity index (χ4n) is 2.78. The number of carboxylic acid groups (broad SMARTS) is 1. The quantitative estimate of drug-likeness (QED) is 0.919. The summed E-state index contributed by atoms with van der Waals surface area (Å²) in [6, 6.07) is 3.95. The highest BCUT2D eigenvalue weighted by Crippen LogP contribution is 2.16. The third-order valence-electron chi connectivity index (χ3n) is 3.85. The molecule has 6 nitrogen and oxygen atoms in total. The molecule has 0 saturated carbocycles. The Labute approximate surface area is 123 Å². The molecule has 0 aliphatic carbocycles. The minimum atomic E-state index is -0.790. The molecule has 6 heteroatoms. The van der Waals surface area contributed by atoms with Crippen molar-refractivity contribution in [3.8, 4) is 0 Å².